The Morgan fingerprint density at radius 3 is 2.05 bits per heavy atom. The molecule has 21 heavy (non-hydrogen) atoms. The van der Waals surface area contributed by atoms with Gasteiger partial charge in [-0.1, -0.05) is 66.0 Å². The highest BCUT2D eigenvalue weighted by molar-refractivity contribution is 14.1. The van der Waals surface area contributed by atoms with Crippen LogP contribution in [0.1, 0.15) is 40.0 Å². The standard InChI is InChI=1S/C14H24I2N2O3/c1-14(2,3)13(21)10(18-12(20)9-16)6-4-5-7-17-11(19)8-15/h10H,4-9H2,1-3H3,(H,17,19)(H,18,20)/t10-/m0/s1. The molecule has 0 bridgehead atoms. The number of carbonyl (C=O) groups excluding carboxylic acids is 3. The van der Waals surface area contributed by atoms with Gasteiger partial charge in [0.1, 0.15) is 0 Å². The van der Waals surface area contributed by atoms with Gasteiger partial charge >= 0.3 is 0 Å². The molecule has 0 saturated heterocycles. The smallest absolute Gasteiger partial charge is 0.230 e. The van der Waals surface area contributed by atoms with E-state index in [0.29, 0.717) is 21.8 Å². The number of carbonyl (C=O) groups is 3. The van der Waals surface area contributed by atoms with Crippen molar-refractivity contribution in [2.75, 3.05) is 15.4 Å². The van der Waals surface area contributed by atoms with Gasteiger partial charge in [0.25, 0.3) is 0 Å². The van der Waals surface area contributed by atoms with Crippen molar-refractivity contribution in [1.82, 2.24) is 10.6 Å². The lowest BCUT2D eigenvalue weighted by Crippen LogP contribution is -2.46. The van der Waals surface area contributed by atoms with Gasteiger partial charge in [0, 0.05) is 12.0 Å². The monoisotopic (exact) mass is 522 g/mol. The summed E-state index contributed by atoms with van der Waals surface area (Å²) in [6, 6.07) is -0.437. The van der Waals surface area contributed by atoms with Crippen LogP contribution in [-0.2, 0) is 14.4 Å². The van der Waals surface area contributed by atoms with E-state index in [2.05, 4.69) is 10.6 Å². The quantitative estimate of drug-likeness (QED) is 0.277. The molecule has 2 N–H and O–H groups in total. The summed E-state index contributed by atoms with van der Waals surface area (Å²) in [6.07, 6.45) is 2.20. The molecule has 0 aromatic heterocycles. The Kier molecular flexibility index (Phi) is 10.8. The van der Waals surface area contributed by atoms with Crippen LogP contribution in [0.5, 0.6) is 0 Å². The highest BCUT2D eigenvalue weighted by Crippen LogP contribution is 2.19. The van der Waals surface area contributed by atoms with Crippen LogP contribution in [0.2, 0.25) is 0 Å². The number of hydrogen-bond acceptors (Lipinski definition) is 3. The van der Waals surface area contributed by atoms with Gasteiger partial charge in [-0.3, -0.25) is 14.4 Å². The molecule has 0 heterocycles. The summed E-state index contributed by atoms with van der Waals surface area (Å²) >= 11 is 4.00. The first-order valence-corrected chi connectivity index (χ1v) is 9.99. The topological polar surface area (TPSA) is 75.3 Å². The molecule has 0 aliphatic carbocycles. The van der Waals surface area contributed by atoms with Crippen molar-refractivity contribution in [1.29, 1.82) is 0 Å². The molecule has 7 heteroatoms. The minimum atomic E-state index is -0.474. The van der Waals surface area contributed by atoms with E-state index in [1.165, 1.54) is 0 Å². The van der Waals surface area contributed by atoms with Crippen LogP contribution in [0, 0.1) is 5.41 Å². The van der Waals surface area contributed by atoms with Gasteiger partial charge in [-0.15, -0.1) is 0 Å². The Bertz CT molecular complexity index is 368. The third kappa shape index (κ3) is 9.64. The Morgan fingerprint density at radius 1 is 1.00 bits per heavy atom. The van der Waals surface area contributed by atoms with Crippen molar-refractivity contribution in [3.05, 3.63) is 0 Å². The Balaban J connectivity index is 4.32. The summed E-state index contributed by atoms with van der Waals surface area (Å²) in [6.45, 7) is 6.19. The molecule has 0 aromatic carbocycles. The van der Waals surface area contributed by atoms with Gasteiger partial charge in [0.15, 0.2) is 5.78 Å². The van der Waals surface area contributed by atoms with Crippen LogP contribution in [-0.4, -0.2) is 39.0 Å². The van der Waals surface area contributed by atoms with Crippen molar-refractivity contribution < 1.29 is 14.4 Å². The number of rotatable bonds is 9. The lowest BCUT2D eigenvalue weighted by Gasteiger charge is -2.25. The van der Waals surface area contributed by atoms with Gasteiger partial charge in [0.05, 0.1) is 14.9 Å². The fourth-order valence-electron chi connectivity index (χ4n) is 1.77. The van der Waals surface area contributed by atoms with Crippen LogP contribution in [0.25, 0.3) is 0 Å². The van der Waals surface area contributed by atoms with Gasteiger partial charge in [0.2, 0.25) is 11.8 Å². The summed E-state index contributed by atoms with van der Waals surface area (Å²) in [5.41, 5.74) is -0.474. The van der Waals surface area contributed by atoms with Crippen LogP contribution in [0.4, 0.5) is 0 Å². The molecule has 0 unspecified atom stereocenters. The minimum Gasteiger partial charge on any atom is -0.355 e. The first-order valence-electron chi connectivity index (χ1n) is 6.94. The molecule has 1 atom stereocenters. The predicted molar refractivity (Wildman–Crippen MR) is 101 cm³/mol. The summed E-state index contributed by atoms with van der Waals surface area (Å²) < 4.78 is 0.798. The zero-order valence-corrected chi connectivity index (χ0v) is 17.1. The average molecular weight is 522 g/mol. The SMILES string of the molecule is CC(C)(C)C(=O)[C@H](CCCCNC(=O)CI)NC(=O)CI. The number of alkyl halides is 2. The second-order valence-corrected chi connectivity index (χ2v) is 7.37. The number of nitrogens with one attached hydrogen (secondary N) is 2. The number of hydrogen-bond donors (Lipinski definition) is 2. The molecular weight excluding hydrogens is 498 g/mol. The number of halogens is 2. The average Bonchev–Trinajstić information content (AvgIpc) is 2.43. The molecule has 0 aliphatic heterocycles. The maximum absolute atomic E-state index is 12.3. The van der Waals surface area contributed by atoms with Crippen molar-refractivity contribution in [2.24, 2.45) is 5.41 Å². The van der Waals surface area contributed by atoms with E-state index in [9.17, 15) is 14.4 Å². The third-order valence-electron chi connectivity index (χ3n) is 2.88. The largest absolute Gasteiger partial charge is 0.355 e. The molecular formula is C14H24I2N2O3. The summed E-state index contributed by atoms with van der Waals surface area (Å²) in [5.74, 6) is -0.0375. The highest BCUT2D eigenvalue weighted by atomic mass is 127. The fraction of sp³-hybridized carbons (Fsp3) is 0.786. The predicted octanol–water partition coefficient (Wildman–Crippen LogP) is 2.24. The van der Waals surface area contributed by atoms with Gasteiger partial charge in [-0.25, -0.2) is 0 Å². The maximum Gasteiger partial charge on any atom is 0.230 e. The fourth-order valence-corrected chi connectivity index (χ4v) is 2.26. The zero-order valence-electron chi connectivity index (χ0n) is 12.8. The number of ketones is 1. The molecule has 122 valence electrons. The second-order valence-electron chi connectivity index (χ2n) is 5.85. The Labute approximate surface area is 154 Å². The maximum atomic E-state index is 12.3. The van der Waals surface area contributed by atoms with E-state index in [0.717, 1.165) is 12.8 Å². The highest BCUT2D eigenvalue weighted by Gasteiger charge is 2.30. The lowest BCUT2D eigenvalue weighted by atomic mass is 9.84. The molecule has 0 spiro atoms. The molecule has 0 saturated carbocycles. The van der Waals surface area contributed by atoms with Crippen LogP contribution in [0.15, 0.2) is 0 Å². The van der Waals surface area contributed by atoms with Gasteiger partial charge in [-0.05, 0) is 19.3 Å². The lowest BCUT2D eigenvalue weighted by molar-refractivity contribution is -0.131. The molecule has 0 rings (SSSR count). The minimum absolute atomic E-state index is 0.0242. The van der Waals surface area contributed by atoms with Crippen molar-refractivity contribution in [3.63, 3.8) is 0 Å². The molecule has 0 aromatic rings. The summed E-state index contributed by atoms with van der Waals surface area (Å²) in [4.78, 5) is 35.0. The van der Waals surface area contributed by atoms with E-state index in [1.807, 2.05) is 66.0 Å². The van der Waals surface area contributed by atoms with E-state index < -0.39 is 11.5 Å². The van der Waals surface area contributed by atoms with Gasteiger partial charge in [-0.2, -0.15) is 0 Å². The Morgan fingerprint density at radius 2 is 1.57 bits per heavy atom. The second kappa shape index (κ2) is 10.7. The van der Waals surface area contributed by atoms with Crippen molar-refractivity contribution in [3.8, 4) is 0 Å². The van der Waals surface area contributed by atoms with Crippen molar-refractivity contribution >= 4 is 62.8 Å². The van der Waals surface area contributed by atoms with E-state index in [1.54, 1.807) is 0 Å². The first-order chi connectivity index (χ1) is 9.72. The zero-order chi connectivity index (χ0) is 16.5. The first kappa shape index (κ1) is 21.1. The van der Waals surface area contributed by atoms with Crippen LogP contribution >= 0.6 is 45.2 Å². The Hall–Kier alpha value is 0.0700. The van der Waals surface area contributed by atoms with Gasteiger partial charge < -0.3 is 10.6 Å². The number of unbranched alkanes of at least 4 members (excludes halogenated alkanes) is 1. The van der Waals surface area contributed by atoms with E-state index in [-0.39, 0.29) is 17.6 Å². The van der Waals surface area contributed by atoms with E-state index in [4.69, 9.17) is 0 Å². The molecule has 2 amide bonds. The summed E-state index contributed by atoms with van der Waals surface area (Å²) in [7, 11) is 0. The molecule has 0 radical (unpaired) electrons. The molecule has 0 aliphatic rings. The third-order valence-corrected chi connectivity index (χ3v) is 4.26. The molecule has 5 nitrogen and oxygen atoms in total. The van der Waals surface area contributed by atoms with E-state index >= 15 is 0 Å². The van der Waals surface area contributed by atoms with Crippen LogP contribution < -0.4 is 10.6 Å². The summed E-state index contributed by atoms with van der Waals surface area (Å²) in [5, 5.41) is 5.60. The number of amides is 2. The van der Waals surface area contributed by atoms with Crippen molar-refractivity contribution in [2.45, 2.75) is 46.1 Å². The number of Topliss-reactive ketones (excluding diaryl/α,β-unsaturated/α-hetero) is 1. The normalized spacial score (nSPS) is 12.6. The van der Waals surface area contributed by atoms with Crippen LogP contribution in [0.3, 0.4) is 0 Å². The molecule has 0 fully saturated rings.